The molecule has 1 N–H and O–H groups in total. The van der Waals surface area contributed by atoms with Crippen molar-refractivity contribution in [1.29, 1.82) is 0 Å². The van der Waals surface area contributed by atoms with Crippen LogP contribution in [-0.4, -0.2) is 34.8 Å². The van der Waals surface area contributed by atoms with Crippen LogP contribution in [0.15, 0.2) is 0 Å². The molecular formula is C17H28N2O2. The van der Waals surface area contributed by atoms with Gasteiger partial charge in [0.2, 0.25) is 11.8 Å². The van der Waals surface area contributed by atoms with Gasteiger partial charge in [-0.05, 0) is 38.0 Å². The Morgan fingerprint density at radius 3 is 2.48 bits per heavy atom. The zero-order valence-corrected chi connectivity index (χ0v) is 13.2. The molecule has 2 aliphatic carbocycles. The molecule has 1 saturated heterocycles. The van der Waals surface area contributed by atoms with E-state index < -0.39 is 5.54 Å². The number of carbonyl (C=O) groups excluding carboxylic acids is 2. The van der Waals surface area contributed by atoms with Gasteiger partial charge >= 0.3 is 0 Å². The lowest BCUT2D eigenvalue weighted by Gasteiger charge is -2.46. The molecule has 0 bridgehead atoms. The predicted molar refractivity (Wildman–Crippen MR) is 81.7 cm³/mol. The summed E-state index contributed by atoms with van der Waals surface area (Å²) in [6.07, 6.45) is 10.6. The molecule has 4 nitrogen and oxygen atoms in total. The van der Waals surface area contributed by atoms with E-state index in [0.717, 1.165) is 57.9 Å². The van der Waals surface area contributed by atoms with E-state index in [-0.39, 0.29) is 17.9 Å². The maximum absolute atomic E-state index is 12.9. The Balaban J connectivity index is 1.74. The van der Waals surface area contributed by atoms with E-state index in [1.165, 1.54) is 12.8 Å². The second-order valence-corrected chi connectivity index (χ2v) is 7.08. The van der Waals surface area contributed by atoms with Crippen molar-refractivity contribution in [2.75, 3.05) is 6.54 Å². The maximum Gasteiger partial charge on any atom is 0.246 e. The molecule has 118 valence electrons. The molecule has 1 aliphatic heterocycles. The summed E-state index contributed by atoms with van der Waals surface area (Å²) in [7, 11) is 0. The average molecular weight is 292 g/mol. The lowest BCUT2D eigenvalue weighted by atomic mass is 9.88. The number of unbranched alkanes of at least 4 members (excludes halogenated alkanes) is 3. The molecule has 1 unspecified atom stereocenters. The van der Waals surface area contributed by atoms with Crippen LogP contribution in [-0.2, 0) is 9.59 Å². The van der Waals surface area contributed by atoms with Gasteiger partial charge in [-0.1, -0.05) is 39.0 Å². The third kappa shape index (κ3) is 2.69. The Hall–Kier alpha value is -1.06. The zero-order chi connectivity index (χ0) is 14.9. The highest BCUT2D eigenvalue weighted by molar-refractivity contribution is 6.00. The van der Waals surface area contributed by atoms with Gasteiger partial charge in [0.25, 0.3) is 0 Å². The normalized spacial score (nSPS) is 28.2. The van der Waals surface area contributed by atoms with Crippen molar-refractivity contribution >= 4 is 11.8 Å². The highest BCUT2D eigenvalue weighted by Crippen LogP contribution is 2.42. The summed E-state index contributed by atoms with van der Waals surface area (Å²) in [5.41, 5.74) is -0.505. The van der Waals surface area contributed by atoms with Gasteiger partial charge in [0.1, 0.15) is 11.6 Å². The molecule has 2 saturated carbocycles. The molecule has 1 atom stereocenters. The van der Waals surface area contributed by atoms with Crippen molar-refractivity contribution in [3.63, 3.8) is 0 Å². The fourth-order valence-corrected chi connectivity index (χ4v) is 4.07. The fourth-order valence-electron chi connectivity index (χ4n) is 4.07. The van der Waals surface area contributed by atoms with Gasteiger partial charge in [0.15, 0.2) is 0 Å². The second-order valence-electron chi connectivity index (χ2n) is 7.08. The Morgan fingerprint density at radius 1 is 1.14 bits per heavy atom. The van der Waals surface area contributed by atoms with E-state index in [1.807, 2.05) is 4.90 Å². The minimum atomic E-state index is -0.505. The number of hydrogen-bond donors (Lipinski definition) is 1. The lowest BCUT2D eigenvalue weighted by Crippen LogP contribution is -2.70. The number of nitrogens with zero attached hydrogens (tertiary/aromatic N) is 1. The zero-order valence-electron chi connectivity index (χ0n) is 13.2. The number of rotatable bonds is 6. The van der Waals surface area contributed by atoms with E-state index in [2.05, 4.69) is 12.2 Å². The van der Waals surface area contributed by atoms with Crippen molar-refractivity contribution in [3.8, 4) is 0 Å². The number of carbonyl (C=O) groups is 2. The molecular weight excluding hydrogens is 264 g/mol. The van der Waals surface area contributed by atoms with Crippen molar-refractivity contribution in [2.24, 2.45) is 5.92 Å². The van der Waals surface area contributed by atoms with Crippen LogP contribution >= 0.6 is 0 Å². The van der Waals surface area contributed by atoms with Gasteiger partial charge in [-0.15, -0.1) is 0 Å². The van der Waals surface area contributed by atoms with Crippen LogP contribution in [0.1, 0.15) is 71.1 Å². The van der Waals surface area contributed by atoms with E-state index in [1.54, 1.807) is 0 Å². The molecule has 2 amide bonds. The molecule has 3 rings (SSSR count). The first-order valence-electron chi connectivity index (χ1n) is 8.81. The topological polar surface area (TPSA) is 49.4 Å². The molecule has 4 heteroatoms. The van der Waals surface area contributed by atoms with E-state index in [4.69, 9.17) is 0 Å². The van der Waals surface area contributed by atoms with Gasteiger partial charge in [-0.25, -0.2) is 0 Å². The molecule has 0 aromatic rings. The number of piperazine rings is 1. The van der Waals surface area contributed by atoms with Crippen LogP contribution in [0.3, 0.4) is 0 Å². The molecule has 1 spiro atoms. The maximum atomic E-state index is 12.9. The monoisotopic (exact) mass is 292 g/mol. The number of hydrogen-bond acceptors (Lipinski definition) is 2. The molecule has 3 aliphatic rings. The van der Waals surface area contributed by atoms with Crippen LogP contribution in [0, 0.1) is 5.92 Å². The van der Waals surface area contributed by atoms with Crippen molar-refractivity contribution in [3.05, 3.63) is 0 Å². The summed E-state index contributed by atoms with van der Waals surface area (Å²) >= 11 is 0. The predicted octanol–water partition coefficient (Wildman–Crippen LogP) is 2.62. The van der Waals surface area contributed by atoms with Crippen molar-refractivity contribution in [1.82, 2.24) is 10.2 Å². The Kier molecular flexibility index (Phi) is 4.23. The largest absolute Gasteiger partial charge is 0.342 e. The van der Waals surface area contributed by atoms with E-state index in [9.17, 15) is 9.59 Å². The van der Waals surface area contributed by atoms with Crippen molar-refractivity contribution < 1.29 is 9.59 Å². The minimum Gasteiger partial charge on any atom is -0.342 e. The molecule has 3 fully saturated rings. The second kappa shape index (κ2) is 5.98. The molecule has 0 aromatic heterocycles. The molecule has 21 heavy (non-hydrogen) atoms. The Morgan fingerprint density at radius 2 is 1.86 bits per heavy atom. The summed E-state index contributed by atoms with van der Waals surface area (Å²) in [4.78, 5) is 27.6. The standard InChI is InChI=1S/C17H28N2O2/c1-2-3-4-7-12-19-15(20)14(13-8-9-13)18-16(21)17(19)10-5-6-11-17/h13-14H,2-12H2,1H3,(H,18,21). The van der Waals surface area contributed by atoms with Crippen LogP contribution in [0.25, 0.3) is 0 Å². The first kappa shape index (κ1) is 14.9. The third-order valence-corrected chi connectivity index (χ3v) is 5.52. The molecule has 0 radical (unpaired) electrons. The first-order chi connectivity index (χ1) is 10.2. The Labute approximate surface area is 127 Å². The quantitative estimate of drug-likeness (QED) is 0.765. The van der Waals surface area contributed by atoms with Gasteiger partial charge in [-0.2, -0.15) is 0 Å². The molecule has 0 aromatic carbocycles. The van der Waals surface area contributed by atoms with Crippen LogP contribution < -0.4 is 5.32 Å². The van der Waals surface area contributed by atoms with E-state index >= 15 is 0 Å². The Bertz CT molecular complexity index is 411. The number of amides is 2. The van der Waals surface area contributed by atoms with Crippen LogP contribution in [0.2, 0.25) is 0 Å². The minimum absolute atomic E-state index is 0.131. The SMILES string of the molecule is CCCCCCN1C(=O)C(C2CC2)NC(=O)C12CCCC2. The summed E-state index contributed by atoms with van der Waals surface area (Å²) in [5, 5.41) is 3.06. The van der Waals surface area contributed by atoms with Crippen molar-refractivity contribution in [2.45, 2.75) is 82.7 Å². The summed E-state index contributed by atoms with van der Waals surface area (Å²) < 4.78 is 0. The highest BCUT2D eigenvalue weighted by atomic mass is 16.2. The fraction of sp³-hybridized carbons (Fsp3) is 0.882. The summed E-state index contributed by atoms with van der Waals surface area (Å²) in [6.45, 7) is 2.97. The van der Waals surface area contributed by atoms with Crippen LogP contribution in [0.4, 0.5) is 0 Å². The molecule has 1 heterocycles. The van der Waals surface area contributed by atoms with E-state index in [0.29, 0.717) is 5.92 Å². The van der Waals surface area contributed by atoms with Gasteiger partial charge in [0, 0.05) is 6.54 Å². The van der Waals surface area contributed by atoms with Gasteiger partial charge in [0.05, 0.1) is 0 Å². The number of nitrogens with one attached hydrogen (secondary N) is 1. The smallest absolute Gasteiger partial charge is 0.246 e. The lowest BCUT2D eigenvalue weighted by molar-refractivity contribution is -0.158. The average Bonchev–Trinajstić information content (AvgIpc) is 3.20. The first-order valence-corrected chi connectivity index (χ1v) is 8.81. The van der Waals surface area contributed by atoms with Crippen LogP contribution in [0.5, 0.6) is 0 Å². The highest BCUT2D eigenvalue weighted by Gasteiger charge is 2.55. The van der Waals surface area contributed by atoms with Gasteiger partial charge < -0.3 is 10.2 Å². The summed E-state index contributed by atoms with van der Waals surface area (Å²) in [5.74, 6) is 0.737. The van der Waals surface area contributed by atoms with Gasteiger partial charge in [-0.3, -0.25) is 9.59 Å². The summed E-state index contributed by atoms with van der Waals surface area (Å²) in [6, 6.07) is -0.227. The third-order valence-electron chi connectivity index (χ3n) is 5.52.